The summed E-state index contributed by atoms with van der Waals surface area (Å²) in [6, 6.07) is 23.7. The maximum atomic E-state index is 12.5. The molecular formula is C30H29N2O6+. The van der Waals surface area contributed by atoms with Crippen molar-refractivity contribution in [3.63, 3.8) is 0 Å². The number of carbonyl (C=O) groups is 2. The van der Waals surface area contributed by atoms with Crippen molar-refractivity contribution in [1.82, 2.24) is 0 Å². The molecule has 0 atom stereocenters. The first kappa shape index (κ1) is 26.2. The molecule has 0 unspecified atom stereocenters. The van der Waals surface area contributed by atoms with Crippen LogP contribution < -0.4 is 28.4 Å². The second-order valence-electron chi connectivity index (χ2n) is 8.54. The third kappa shape index (κ3) is 7.10. The van der Waals surface area contributed by atoms with Crippen LogP contribution in [0.4, 0.5) is 5.69 Å². The molecule has 0 radical (unpaired) electrons. The molecule has 0 aliphatic carbocycles. The number of pyridine rings is 1. The van der Waals surface area contributed by atoms with E-state index in [0.717, 1.165) is 5.69 Å². The lowest BCUT2D eigenvalue weighted by molar-refractivity contribution is -0.697. The fraction of sp³-hybridized carbons (Fsp3) is 0.167. The van der Waals surface area contributed by atoms with Crippen LogP contribution in [0, 0.1) is 0 Å². The van der Waals surface area contributed by atoms with Crippen LogP contribution in [0.3, 0.4) is 0 Å². The molecule has 0 aliphatic heterocycles. The SMILES string of the molecule is COc1ccc(C(=O)Oc2ccc(OC(=O)c3ccc(OCC[n+]4ccc(N(C)C)cc4)cc3)cc2)cc1. The van der Waals surface area contributed by atoms with Gasteiger partial charge < -0.3 is 23.8 Å². The average molecular weight is 514 g/mol. The van der Waals surface area contributed by atoms with E-state index >= 15 is 0 Å². The minimum absolute atomic E-state index is 0.330. The van der Waals surface area contributed by atoms with Gasteiger partial charge in [0.05, 0.1) is 18.2 Å². The molecule has 0 aliphatic rings. The Labute approximate surface area is 221 Å². The molecule has 0 spiro atoms. The molecule has 38 heavy (non-hydrogen) atoms. The summed E-state index contributed by atoms with van der Waals surface area (Å²) >= 11 is 0. The number of rotatable bonds is 10. The zero-order valence-corrected chi connectivity index (χ0v) is 21.5. The van der Waals surface area contributed by atoms with Crippen molar-refractivity contribution < 1.29 is 33.1 Å². The van der Waals surface area contributed by atoms with Crippen molar-refractivity contribution in [2.24, 2.45) is 0 Å². The highest BCUT2D eigenvalue weighted by Gasteiger charge is 2.12. The third-order valence-electron chi connectivity index (χ3n) is 5.67. The summed E-state index contributed by atoms with van der Waals surface area (Å²) < 4.78 is 23.7. The van der Waals surface area contributed by atoms with Crippen molar-refractivity contribution in [2.75, 3.05) is 32.7 Å². The number of nitrogens with zero attached hydrogens (tertiary/aromatic N) is 2. The summed E-state index contributed by atoms with van der Waals surface area (Å²) in [6.45, 7) is 1.19. The first-order valence-electron chi connectivity index (χ1n) is 12.0. The van der Waals surface area contributed by atoms with Crippen molar-refractivity contribution in [1.29, 1.82) is 0 Å². The van der Waals surface area contributed by atoms with Gasteiger partial charge >= 0.3 is 11.9 Å². The predicted octanol–water partition coefficient (Wildman–Crippen LogP) is 4.57. The van der Waals surface area contributed by atoms with Gasteiger partial charge in [-0.3, -0.25) is 0 Å². The van der Waals surface area contributed by atoms with Crippen molar-refractivity contribution >= 4 is 17.6 Å². The van der Waals surface area contributed by atoms with Gasteiger partial charge in [-0.05, 0) is 72.8 Å². The van der Waals surface area contributed by atoms with E-state index in [4.69, 9.17) is 18.9 Å². The Balaban J connectivity index is 1.25. The highest BCUT2D eigenvalue weighted by atomic mass is 16.5. The molecule has 3 aromatic carbocycles. The van der Waals surface area contributed by atoms with Gasteiger partial charge in [-0.1, -0.05) is 0 Å². The highest BCUT2D eigenvalue weighted by Crippen LogP contribution is 2.21. The molecule has 8 nitrogen and oxygen atoms in total. The summed E-state index contributed by atoms with van der Waals surface area (Å²) in [5.41, 5.74) is 1.92. The minimum atomic E-state index is -0.504. The van der Waals surface area contributed by atoms with E-state index in [1.165, 1.54) is 0 Å². The summed E-state index contributed by atoms with van der Waals surface area (Å²) in [6.07, 6.45) is 4.02. The van der Waals surface area contributed by atoms with E-state index in [1.807, 2.05) is 48.1 Å². The van der Waals surface area contributed by atoms with E-state index < -0.39 is 11.9 Å². The molecule has 0 saturated heterocycles. The molecular weight excluding hydrogens is 484 g/mol. The van der Waals surface area contributed by atoms with Gasteiger partial charge in [-0.15, -0.1) is 0 Å². The maximum absolute atomic E-state index is 12.5. The van der Waals surface area contributed by atoms with Crippen LogP contribution in [0.5, 0.6) is 23.0 Å². The standard InChI is InChI=1S/C30H29N2O6/c1-31(2)24-16-18-32(19-17-24)20-21-36-26-10-6-23(7-11-26)30(34)38-28-14-12-27(13-15-28)37-29(33)22-4-8-25(35-3)9-5-22/h4-19H,20-21H2,1-3H3/q+1. The highest BCUT2D eigenvalue weighted by molar-refractivity contribution is 5.92. The third-order valence-corrected chi connectivity index (χ3v) is 5.67. The topological polar surface area (TPSA) is 78.2 Å². The number of hydrogen-bond donors (Lipinski definition) is 0. The van der Waals surface area contributed by atoms with Crippen LogP contribution in [-0.4, -0.2) is 39.8 Å². The van der Waals surface area contributed by atoms with Crippen LogP contribution >= 0.6 is 0 Å². The molecule has 0 N–H and O–H groups in total. The molecule has 0 amide bonds. The van der Waals surface area contributed by atoms with Gasteiger partial charge in [0.1, 0.15) is 29.6 Å². The van der Waals surface area contributed by atoms with Gasteiger partial charge in [0.25, 0.3) is 0 Å². The Morgan fingerprint density at radius 1 is 0.658 bits per heavy atom. The zero-order chi connectivity index (χ0) is 26.9. The van der Waals surface area contributed by atoms with Crippen LogP contribution in [0.1, 0.15) is 20.7 Å². The summed E-state index contributed by atoms with van der Waals surface area (Å²) in [5, 5.41) is 0. The first-order valence-corrected chi connectivity index (χ1v) is 12.0. The lowest BCUT2D eigenvalue weighted by atomic mass is 10.2. The van der Waals surface area contributed by atoms with Gasteiger partial charge in [-0.25, -0.2) is 14.2 Å². The number of hydrogen-bond acceptors (Lipinski definition) is 7. The van der Waals surface area contributed by atoms with Crippen LogP contribution in [0.15, 0.2) is 97.3 Å². The molecule has 1 heterocycles. The minimum Gasteiger partial charge on any atom is -0.497 e. The quantitative estimate of drug-likeness (QED) is 0.175. The summed E-state index contributed by atoms with van der Waals surface area (Å²) in [5.74, 6) is 0.971. The summed E-state index contributed by atoms with van der Waals surface area (Å²) in [7, 11) is 5.56. The molecule has 8 heteroatoms. The number of esters is 2. The number of methoxy groups -OCH3 is 1. The Kier molecular flexibility index (Phi) is 8.56. The molecule has 0 fully saturated rings. The second-order valence-corrected chi connectivity index (χ2v) is 8.54. The van der Waals surface area contributed by atoms with Crippen molar-refractivity contribution in [3.8, 4) is 23.0 Å². The van der Waals surface area contributed by atoms with E-state index in [9.17, 15) is 9.59 Å². The lowest BCUT2D eigenvalue weighted by Crippen LogP contribution is -2.35. The van der Waals surface area contributed by atoms with E-state index in [-0.39, 0.29) is 0 Å². The lowest BCUT2D eigenvalue weighted by Gasteiger charge is -2.10. The van der Waals surface area contributed by atoms with Gasteiger partial charge in [0.2, 0.25) is 0 Å². The van der Waals surface area contributed by atoms with Crippen molar-refractivity contribution in [2.45, 2.75) is 6.54 Å². The van der Waals surface area contributed by atoms with Crippen LogP contribution in [0.2, 0.25) is 0 Å². The largest absolute Gasteiger partial charge is 0.497 e. The average Bonchev–Trinajstić information content (AvgIpc) is 2.94. The molecule has 194 valence electrons. The Morgan fingerprint density at radius 2 is 1.11 bits per heavy atom. The Morgan fingerprint density at radius 3 is 1.55 bits per heavy atom. The van der Waals surface area contributed by atoms with Gasteiger partial charge in [-0.2, -0.15) is 0 Å². The molecule has 0 bridgehead atoms. The smallest absolute Gasteiger partial charge is 0.343 e. The van der Waals surface area contributed by atoms with Crippen LogP contribution in [-0.2, 0) is 6.54 Å². The Hall–Kier alpha value is -4.85. The monoisotopic (exact) mass is 513 g/mol. The number of anilines is 1. The molecule has 4 aromatic rings. The van der Waals surface area contributed by atoms with E-state index in [2.05, 4.69) is 0 Å². The summed E-state index contributed by atoms with van der Waals surface area (Å²) in [4.78, 5) is 26.9. The fourth-order valence-corrected chi connectivity index (χ4v) is 3.49. The first-order chi connectivity index (χ1) is 18.4. The van der Waals surface area contributed by atoms with Gasteiger partial charge in [0.15, 0.2) is 18.9 Å². The molecule has 0 saturated carbocycles. The van der Waals surface area contributed by atoms with Crippen molar-refractivity contribution in [3.05, 3.63) is 108 Å². The Bertz CT molecular complexity index is 1350. The molecule has 4 rings (SSSR count). The predicted molar refractivity (Wildman–Crippen MR) is 142 cm³/mol. The van der Waals surface area contributed by atoms with E-state index in [0.29, 0.717) is 47.3 Å². The second kappa shape index (κ2) is 12.4. The van der Waals surface area contributed by atoms with E-state index in [1.54, 1.807) is 79.9 Å². The number of aromatic nitrogens is 1. The maximum Gasteiger partial charge on any atom is 0.343 e. The number of ether oxygens (including phenoxy) is 4. The number of benzene rings is 3. The van der Waals surface area contributed by atoms with Gasteiger partial charge in [0, 0.05) is 31.9 Å². The fourth-order valence-electron chi connectivity index (χ4n) is 3.49. The number of carbonyl (C=O) groups excluding carboxylic acids is 2. The molecule has 1 aromatic heterocycles. The normalized spacial score (nSPS) is 10.4. The zero-order valence-electron chi connectivity index (χ0n) is 21.5. The van der Waals surface area contributed by atoms with Crippen LogP contribution in [0.25, 0.3) is 0 Å².